The van der Waals surface area contributed by atoms with Crippen LogP contribution in [0.2, 0.25) is 0 Å². The molecule has 0 fully saturated rings. The van der Waals surface area contributed by atoms with E-state index in [4.69, 9.17) is 9.47 Å². The summed E-state index contributed by atoms with van der Waals surface area (Å²) in [6.45, 7) is 7.38. The molecule has 0 radical (unpaired) electrons. The highest BCUT2D eigenvalue weighted by Crippen LogP contribution is 2.40. The van der Waals surface area contributed by atoms with Crippen LogP contribution < -0.4 is 26.5 Å². The maximum atomic E-state index is 13.8. The van der Waals surface area contributed by atoms with Crippen LogP contribution in [0.4, 0.5) is 0 Å². The zero-order valence-electron chi connectivity index (χ0n) is 31.5. The van der Waals surface area contributed by atoms with E-state index in [-0.39, 0.29) is 56.5 Å². The first-order chi connectivity index (χ1) is 23.3. The van der Waals surface area contributed by atoms with Crippen molar-refractivity contribution >= 4 is 11.6 Å². The van der Waals surface area contributed by atoms with Gasteiger partial charge in [0.2, 0.25) is 5.78 Å². The number of unbranched alkanes of at least 4 members (excludes halogenated alkanes) is 18. The van der Waals surface area contributed by atoms with Crippen molar-refractivity contribution < 1.29 is 45.6 Å². The number of carbonyl (C=O) groups is 2. The third kappa shape index (κ3) is 13.4. The fourth-order valence-corrected chi connectivity index (χ4v) is 7.42. The van der Waals surface area contributed by atoms with Gasteiger partial charge >= 0.3 is 0 Å². The lowest BCUT2D eigenvalue weighted by Crippen LogP contribution is -3.00. The quantitative estimate of drug-likeness (QED) is 0.0667. The van der Waals surface area contributed by atoms with Crippen LogP contribution in [0.3, 0.4) is 0 Å². The number of halogens is 1. The summed E-state index contributed by atoms with van der Waals surface area (Å²) in [5.74, 6) is -0.0840. The number of aromatic hydroxyl groups is 1. The van der Waals surface area contributed by atoms with Gasteiger partial charge in [0.25, 0.3) is 0 Å². The molecule has 2 aromatic carbocycles. The number of carbonyl (C=O) groups excluding carboxylic acids is 2. The Morgan fingerprint density at radius 3 is 1.47 bits per heavy atom. The fourth-order valence-electron chi connectivity index (χ4n) is 7.42. The van der Waals surface area contributed by atoms with Crippen molar-refractivity contribution in [1.29, 1.82) is 0 Å². The zero-order chi connectivity index (χ0) is 34.8. The van der Waals surface area contributed by atoms with Gasteiger partial charge in [-0.05, 0) is 43.9 Å². The number of phenols is 1. The Morgan fingerprint density at radius 1 is 0.571 bits per heavy atom. The molecule has 49 heavy (non-hydrogen) atoms. The van der Waals surface area contributed by atoms with E-state index in [2.05, 4.69) is 20.9 Å². The molecule has 1 aliphatic carbocycles. The molecule has 0 amide bonds. The molecule has 2 aromatic rings. The number of phenolic OH excluding ortho intramolecular Hbond substituents is 1. The molecule has 0 atom stereocenters. The average molecular weight is 745 g/mol. The van der Waals surface area contributed by atoms with Gasteiger partial charge in [0.15, 0.2) is 5.78 Å². The second-order valence-corrected chi connectivity index (χ2v) is 14.5. The Bertz CT molecular complexity index is 1270. The molecule has 1 aliphatic rings. The molecule has 0 heterocycles. The van der Waals surface area contributed by atoms with E-state index >= 15 is 0 Å². The molecule has 0 saturated heterocycles. The molecule has 0 aliphatic heterocycles. The van der Waals surface area contributed by atoms with Crippen LogP contribution >= 0.6 is 0 Å². The molecule has 1 N–H and O–H groups in total. The lowest BCUT2D eigenvalue weighted by molar-refractivity contribution is -0.923. The highest BCUT2D eigenvalue weighted by molar-refractivity contribution is 6.30. The van der Waals surface area contributed by atoms with E-state index in [0.717, 1.165) is 23.1 Å². The Hall–Kier alpha value is -2.38. The second-order valence-electron chi connectivity index (χ2n) is 14.5. The summed E-state index contributed by atoms with van der Waals surface area (Å²) in [5, 5.41) is 11.2. The second kappa shape index (κ2) is 23.2. The van der Waals surface area contributed by atoms with Gasteiger partial charge in [0, 0.05) is 22.8 Å². The van der Waals surface area contributed by atoms with E-state index < -0.39 is 5.78 Å². The topological polar surface area (TPSA) is 72.8 Å². The minimum absolute atomic E-state index is 0. The largest absolute Gasteiger partial charge is 1.00 e. The Morgan fingerprint density at radius 2 is 1.02 bits per heavy atom. The van der Waals surface area contributed by atoms with Crippen LogP contribution in [0.25, 0.3) is 0 Å². The standard InChI is InChI=1S/C42H65NO5.BrH/c1-6-8-10-12-14-16-18-20-22-24-26-43(3,27-25-23-21-19-17-15-13-11-9-7-2)32-33-28-35-39(37(44)29-33)42(46)40-36(41(35)45)30-34(47-4)31-38(40)48-5;/h28-31H,6-27,32H2,1-5H3;1H. The predicted octanol–water partition coefficient (Wildman–Crippen LogP) is 7.98. The maximum Gasteiger partial charge on any atom is 0.201 e. The van der Waals surface area contributed by atoms with Gasteiger partial charge < -0.3 is 36.0 Å². The predicted molar refractivity (Wildman–Crippen MR) is 198 cm³/mol. The van der Waals surface area contributed by atoms with Gasteiger partial charge in [0.05, 0.1) is 45.5 Å². The van der Waals surface area contributed by atoms with Gasteiger partial charge in [-0.3, -0.25) is 9.59 Å². The van der Waals surface area contributed by atoms with Crippen LogP contribution in [0.5, 0.6) is 17.2 Å². The smallest absolute Gasteiger partial charge is 0.201 e. The first-order valence-electron chi connectivity index (χ1n) is 19.3. The Balaban J connectivity index is 0.00000833. The molecule has 0 unspecified atom stereocenters. The molecule has 0 spiro atoms. The molecule has 6 nitrogen and oxygen atoms in total. The van der Waals surface area contributed by atoms with Crippen LogP contribution in [-0.2, 0) is 6.54 Å². The number of fused-ring (bicyclic) bond motifs is 2. The summed E-state index contributed by atoms with van der Waals surface area (Å²) < 4.78 is 11.7. The van der Waals surface area contributed by atoms with Gasteiger partial charge in [-0.15, -0.1) is 0 Å². The molecular weight excluding hydrogens is 678 g/mol. The average Bonchev–Trinajstić information content (AvgIpc) is 3.08. The highest BCUT2D eigenvalue weighted by Gasteiger charge is 2.36. The van der Waals surface area contributed by atoms with E-state index in [1.54, 1.807) is 18.2 Å². The van der Waals surface area contributed by atoms with Crippen molar-refractivity contribution in [3.63, 3.8) is 0 Å². The lowest BCUT2D eigenvalue weighted by atomic mass is 9.82. The van der Waals surface area contributed by atoms with Crippen molar-refractivity contribution in [3.05, 3.63) is 52.1 Å². The van der Waals surface area contributed by atoms with Crippen LogP contribution in [0.1, 0.15) is 180 Å². The van der Waals surface area contributed by atoms with E-state index in [9.17, 15) is 14.7 Å². The third-order valence-corrected chi connectivity index (χ3v) is 10.3. The lowest BCUT2D eigenvalue weighted by Gasteiger charge is -2.35. The number of methoxy groups -OCH3 is 2. The van der Waals surface area contributed by atoms with Crippen LogP contribution in [0, 0.1) is 0 Å². The maximum absolute atomic E-state index is 13.8. The number of ketones is 2. The van der Waals surface area contributed by atoms with Gasteiger partial charge in [-0.2, -0.15) is 0 Å². The van der Waals surface area contributed by atoms with E-state index in [0.29, 0.717) is 12.3 Å². The summed E-state index contributed by atoms with van der Waals surface area (Å²) in [4.78, 5) is 27.5. The SMILES string of the molecule is CCCCCCCCCCCC[N+](C)(CCCCCCCCCCCC)Cc1cc(O)c2c(c1)C(=O)c1cc(OC)cc(OC)c1C2=O.[Br-]. The number of hydrogen-bond acceptors (Lipinski definition) is 5. The molecule has 0 saturated carbocycles. The zero-order valence-corrected chi connectivity index (χ0v) is 33.1. The number of rotatable bonds is 26. The van der Waals surface area contributed by atoms with Crippen molar-refractivity contribution in [2.75, 3.05) is 34.4 Å². The fraction of sp³-hybridized carbons (Fsp3) is 0.667. The van der Waals surface area contributed by atoms with Gasteiger partial charge in [-0.1, -0.05) is 117 Å². The van der Waals surface area contributed by atoms with Crippen molar-refractivity contribution in [2.24, 2.45) is 0 Å². The number of benzene rings is 2. The summed E-state index contributed by atoms with van der Waals surface area (Å²) in [5.41, 5.74) is 1.67. The summed E-state index contributed by atoms with van der Waals surface area (Å²) >= 11 is 0. The Labute approximate surface area is 308 Å². The Kier molecular flexibility index (Phi) is 20.2. The van der Waals surface area contributed by atoms with Crippen LogP contribution in [-0.4, -0.2) is 55.5 Å². The minimum atomic E-state index is -0.392. The van der Waals surface area contributed by atoms with Crippen molar-refractivity contribution in [1.82, 2.24) is 0 Å². The molecular formula is C42H66BrNO5. The summed E-state index contributed by atoms with van der Waals surface area (Å²) in [6.07, 6.45) is 26.3. The molecule has 3 rings (SSSR count). The van der Waals surface area contributed by atoms with E-state index in [1.807, 2.05) is 6.07 Å². The minimum Gasteiger partial charge on any atom is -1.00 e. The molecule has 0 bridgehead atoms. The van der Waals surface area contributed by atoms with Crippen molar-refractivity contribution in [3.8, 4) is 17.2 Å². The van der Waals surface area contributed by atoms with E-state index in [1.165, 1.54) is 143 Å². The molecule has 7 heteroatoms. The van der Waals surface area contributed by atoms with Gasteiger partial charge in [0.1, 0.15) is 23.8 Å². The highest BCUT2D eigenvalue weighted by atomic mass is 79.9. The number of nitrogens with zero attached hydrogens (tertiary/aromatic N) is 1. The molecule has 0 aromatic heterocycles. The first kappa shape index (κ1) is 42.8. The third-order valence-electron chi connectivity index (χ3n) is 10.3. The summed E-state index contributed by atoms with van der Waals surface area (Å²) in [7, 11) is 5.32. The normalized spacial score (nSPS) is 12.4. The summed E-state index contributed by atoms with van der Waals surface area (Å²) in [6, 6.07) is 6.75. The molecule has 276 valence electrons. The number of ether oxygens (including phenoxy) is 2. The van der Waals surface area contributed by atoms with Crippen molar-refractivity contribution in [2.45, 2.75) is 149 Å². The van der Waals surface area contributed by atoms with Crippen LogP contribution in [0.15, 0.2) is 24.3 Å². The number of hydrogen-bond donors (Lipinski definition) is 1. The first-order valence-corrected chi connectivity index (χ1v) is 19.3. The number of quaternary nitrogens is 1. The monoisotopic (exact) mass is 743 g/mol. The van der Waals surface area contributed by atoms with Gasteiger partial charge in [-0.25, -0.2) is 0 Å².